The van der Waals surface area contributed by atoms with E-state index in [0.29, 0.717) is 16.6 Å². The first-order valence-electron chi connectivity index (χ1n) is 10.6. The van der Waals surface area contributed by atoms with Crippen LogP contribution in [0.4, 0.5) is 0 Å². The molecule has 0 amide bonds. The monoisotopic (exact) mass is 344 g/mol. The summed E-state index contributed by atoms with van der Waals surface area (Å²) in [4.78, 5) is 0. The third kappa shape index (κ3) is 8.29. The van der Waals surface area contributed by atoms with E-state index in [1.54, 1.807) is 0 Å². The lowest BCUT2D eigenvalue weighted by atomic mass is 9.89. The Morgan fingerprint density at radius 2 is 1.60 bits per heavy atom. The second-order valence-electron chi connectivity index (χ2n) is 9.96. The third-order valence-electron chi connectivity index (χ3n) is 5.87. The van der Waals surface area contributed by atoms with Crippen LogP contribution in [-0.2, 0) is 12.8 Å². The van der Waals surface area contributed by atoms with Gasteiger partial charge < -0.3 is 5.11 Å². The molecule has 1 aliphatic rings. The molecule has 0 bridgehead atoms. The first-order chi connectivity index (χ1) is 11.8. The molecule has 1 heteroatoms. The number of hydrogen-bond acceptors (Lipinski definition) is 1. The molecule has 1 fully saturated rings. The highest BCUT2D eigenvalue weighted by atomic mass is 16.3. The van der Waals surface area contributed by atoms with Crippen molar-refractivity contribution in [3.05, 3.63) is 29.3 Å². The Hall–Kier alpha value is -0.980. The summed E-state index contributed by atoms with van der Waals surface area (Å²) in [5, 5.41) is 10.1. The molecule has 2 rings (SSSR count). The van der Waals surface area contributed by atoms with Crippen molar-refractivity contribution in [2.75, 3.05) is 0 Å². The van der Waals surface area contributed by atoms with Crippen LogP contribution in [0.1, 0.15) is 103 Å². The van der Waals surface area contributed by atoms with Gasteiger partial charge in [0.15, 0.2) is 0 Å². The van der Waals surface area contributed by atoms with E-state index in [4.69, 9.17) is 0 Å². The van der Waals surface area contributed by atoms with Crippen molar-refractivity contribution in [1.29, 1.82) is 0 Å². The van der Waals surface area contributed by atoms with Crippen molar-refractivity contribution in [3.8, 4) is 5.75 Å². The molecule has 0 heterocycles. The summed E-state index contributed by atoms with van der Waals surface area (Å²) in [5.41, 5.74) is 3.71. The Morgan fingerprint density at radius 3 is 2.28 bits per heavy atom. The maximum Gasteiger partial charge on any atom is 0.118 e. The van der Waals surface area contributed by atoms with Gasteiger partial charge in [0.05, 0.1) is 0 Å². The minimum absolute atomic E-state index is 0.462. The molecule has 1 N–H and O–H groups in total. The number of phenolic OH excluding ortho intramolecular Hbond substituents is 1. The molecule has 1 aromatic carbocycles. The molecule has 0 aliphatic heterocycles. The number of aromatic hydroxyl groups is 1. The molecule has 0 aromatic heterocycles. The SMILES string of the molecule is CC(C)(C)CCCCCCc1cc(CCCCC2(C)CC2)ccc1O. The van der Waals surface area contributed by atoms with E-state index < -0.39 is 0 Å². The third-order valence-corrected chi connectivity index (χ3v) is 5.87. The van der Waals surface area contributed by atoms with Crippen LogP contribution in [0, 0.1) is 10.8 Å². The number of benzene rings is 1. The highest BCUT2D eigenvalue weighted by Crippen LogP contribution is 2.49. The molecular formula is C24H40O. The van der Waals surface area contributed by atoms with E-state index in [0.717, 1.165) is 18.4 Å². The zero-order valence-corrected chi connectivity index (χ0v) is 17.2. The smallest absolute Gasteiger partial charge is 0.118 e. The van der Waals surface area contributed by atoms with Crippen LogP contribution in [0.2, 0.25) is 0 Å². The minimum atomic E-state index is 0.462. The molecule has 1 saturated carbocycles. The lowest BCUT2D eigenvalue weighted by Crippen LogP contribution is -2.03. The van der Waals surface area contributed by atoms with Gasteiger partial charge in [-0.25, -0.2) is 0 Å². The van der Waals surface area contributed by atoms with Crippen molar-refractivity contribution in [2.24, 2.45) is 10.8 Å². The predicted octanol–water partition coefficient (Wildman–Crippen LogP) is 7.44. The van der Waals surface area contributed by atoms with Gasteiger partial charge in [0.1, 0.15) is 5.75 Å². The summed E-state index contributed by atoms with van der Waals surface area (Å²) < 4.78 is 0. The predicted molar refractivity (Wildman–Crippen MR) is 109 cm³/mol. The molecule has 0 saturated heterocycles. The van der Waals surface area contributed by atoms with E-state index in [-0.39, 0.29) is 0 Å². The van der Waals surface area contributed by atoms with Gasteiger partial charge in [0.25, 0.3) is 0 Å². The van der Waals surface area contributed by atoms with Crippen molar-refractivity contribution >= 4 is 0 Å². The van der Waals surface area contributed by atoms with Gasteiger partial charge in [0.2, 0.25) is 0 Å². The Morgan fingerprint density at radius 1 is 0.920 bits per heavy atom. The van der Waals surface area contributed by atoms with Crippen molar-refractivity contribution in [2.45, 2.75) is 105 Å². The summed E-state index contributed by atoms with van der Waals surface area (Å²) in [6.45, 7) is 9.39. The van der Waals surface area contributed by atoms with E-state index in [1.807, 2.05) is 6.07 Å². The molecule has 0 atom stereocenters. The summed E-state index contributed by atoms with van der Waals surface area (Å²) in [6.07, 6.45) is 15.5. The molecule has 1 aromatic rings. The fraction of sp³-hybridized carbons (Fsp3) is 0.750. The van der Waals surface area contributed by atoms with Gasteiger partial charge in [-0.2, -0.15) is 0 Å². The Balaban J connectivity index is 1.65. The molecular weight excluding hydrogens is 304 g/mol. The van der Waals surface area contributed by atoms with Gasteiger partial charge in [-0.3, -0.25) is 0 Å². The standard InChI is InChI=1S/C24H40O/c1-23(2,3)15-9-6-5-7-12-21-19-20(13-14-22(21)25)11-8-10-16-24(4)17-18-24/h13-14,19,25H,5-12,15-18H2,1-4H3. The Kier molecular flexibility index (Phi) is 7.40. The number of rotatable bonds is 11. The quantitative estimate of drug-likeness (QED) is 0.413. The minimum Gasteiger partial charge on any atom is -0.508 e. The zero-order valence-electron chi connectivity index (χ0n) is 17.2. The van der Waals surface area contributed by atoms with Crippen molar-refractivity contribution in [1.82, 2.24) is 0 Å². The molecule has 1 nitrogen and oxygen atoms in total. The average molecular weight is 345 g/mol. The van der Waals surface area contributed by atoms with Crippen LogP contribution < -0.4 is 0 Å². The molecule has 0 unspecified atom stereocenters. The molecule has 142 valence electrons. The zero-order chi connectivity index (χ0) is 18.3. The lowest BCUT2D eigenvalue weighted by Gasteiger charge is -2.17. The van der Waals surface area contributed by atoms with E-state index in [1.165, 1.54) is 69.8 Å². The summed E-state index contributed by atoms with van der Waals surface area (Å²) in [7, 11) is 0. The number of unbranched alkanes of at least 4 members (excludes halogenated alkanes) is 4. The summed E-state index contributed by atoms with van der Waals surface area (Å²) >= 11 is 0. The number of hydrogen-bond donors (Lipinski definition) is 1. The fourth-order valence-corrected chi connectivity index (χ4v) is 3.66. The second kappa shape index (κ2) is 9.10. The van der Waals surface area contributed by atoms with Crippen LogP contribution in [-0.4, -0.2) is 5.11 Å². The van der Waals surface area contributed by atoms with Crippen molar-refractivity contribution in [3.63, 3.8) is 0 Å². The van der Waals surface area contributed by atoms with Gasteiger partial charge in [-0.05, 0) is 79.4 Å². The van der Waals surface area contributed by atoms with Gasteiger partial charge in [0, 0.05) is 0 Å². The maximum atomic E-state index is 10.1. The van der Waals surface area contributed by atoms with Gasteiger partial charge >= 0.3 is 0 Å². The van der Waals surface area contributed by atoms with E-state index in [9.17, 15) is 5.11 Å². The van der Waals surface area contributed by atoms with Crippen LogP contribution in [0.5, 0.6) is 5.75 Å². The Labute approximate surface area is 156 Å². The Bertz CT molecular complexity index is 519. The number of phenols is 1. The van der Waals surface area contributed by atoms with Crippen LogP contribution >= 0.6 is 0 Å². The second-order valence-corrected chi connectivity index (χ2v) is 9.96. The topological polar surface area (TPSA) is 20.2 Å². The lowest BCUT2D eigenvalue weighted by molar-refractivity contribution is 0.357. The largest absolute Gasteiger partial charge is 0.508 e. The van der Waals surface area contributed by atoms with Crippen LogP contribution in [0.15, 0.2) is 18.2 Å². The molecule has 0 radical (unpaired) electrons. The fourth-order valence-electron chi connectivity index (χ4n) is 3.66. The van der Waals surface area contributed by atoms with Crippen LogP contribution in [0.25, 0.3) is 0 Å². The maximum absolute atomic E-state index is 10.1. The highest BCUT2D eigenvalue weighted by Gasteiger charge is 2.35. The molecule has 25 heavy (non-hydrogen) atoms. The average Bonchev–Trinajstić information content (AvgIpc) is 3.26. The first-order valence-corrected chi connectivity index (χ1v) is 10.6. The first kappa shape index (κ1) is 20.3. The normalized spacial score (nSPS) is 16.2. The van der Waals surface area contributed by atoms with Crippen molar-refractivity contribution < 1.29 is 5.11 Å². The van der Waals surface area contributed by atoms with Crippen LogP contribution in [0.3, 0.4) is 0 Å². The number of aryl methyl sites for hydroxylation is 2. The van der Waals surface area contributed by atoms with Gasteiger partial charge in [-0.15, -0.1) is 0 Å². The van der Waals surface area contributed by atoms with E-state index >= 15 is 0 Å². The summed E-state index contributed by atoms with van der Waals surface area (Å²) in [5.74, 6) is 0.490. The molecule has 1 aliphatic carbocycles. The summed E-state index contributed by atoms with van der Waals surface area (Å²) in [6, 6.07) is 6.27. The highest BCUT2D eigenvalue weighted by molar-refractivity contribution is 5.36. The van der Waals surface area contributed by atoms with E-state index in [2.05, 4.69) is 39.8 Å². The van der Waals surface area contributed by atoms with Gasteiger partial charge in [-0.1, -0.05) is 65.5 Å². The molecule has 0 spiro atoms.